The number of nitriles is 1. The molecule has 5 nitrogen and oxygen atoms in total. The third-order valence-corrected chi connectivity index (χ3v) is 4.25. The van der Waals surface area contributed by atoms with Crippen molar-refractivity contribution in [3.05, 3.63) is 38.4 Å². The Morgan fingerprint density at radius 2 is 1.83 bits per heavy atom. The van der Waals surface area contributed by atoms with Crippen LogP contribution < -0.4 is 5.73 Å². The fourth-order valence-electron chi connectivity index (χ4n) is 2.14. The largest absolute Gasteiger partial charge is 0.388 e. The SMILES string of the molecule is N#Cc1nn(-c2cc3c(cc2Cl)C(F)(F)OC3(F)F)c(N)c1Br. The van der Waals surface area contributed by atoms with Gasteiger partial charge in [0, 0.05) is 0 Å². The molecule has 0 unspecified atom stereocenters. The van der Waals surface area contributed by atoms with Crippen LogP contribution in [0.25, 0.3) is 5.69 Å². The molecule has 2 heterocycles. The number of hydrogen-bond acceptors (Lipinski definition) is 4. The first-order valence-electron chi connectivity index (χ1n) is 5.83. The van der Waals surface area contributed by atoms with Crippen molar-refractivity contribution in [2.45, 2.75) is 12.2 Å². The molecule has 1 aromatic carbocycles. The van der Waals surface area contributed by atoms with E-state index in [4.69, 9.17) is 22.6 Å². The van der Waals surface area contributed by atoms with Crippen LogP contribution in [0.15, 0.2) is 16.6 Å². The number of ether oxygens (including phenoxy) is 1. The molecule has 0 saturated carbocycles. The molecule has 2 aromatic rings. The highest BCUT2D eigenvalue weighted by Gasteiger charge is 2.57. The standard InChI is InChI=1S/C12H4BrClF4N4O/c13-9-7(3-19)21-22(10(9)20)8-2-5-4(1-6(8)14)11(15,16)23-12(5,17)18/h1-2H,20H2. The number of aromatic nitrogens is 2. The van der Waals surface area contributed by atoms with Crippen LogP contribution in [0.4, 0.5) is 23.4 Å². The lowest BCUT2D eigenvalue weighted by Gasteiger charge is -2.11. The second-order valence-corrected chi connectivity index (χ2v) is 5.76. The van der Waals surface area contributed by atoms with Crippen LogP contribution in [0, 0.1) is 11.3 Å². The fourth-order valence-corrected chi connectivity index (χ4v) is 2.72. The molecule has 1 aliphatic heterocycles. The zero-order valence-corrected chi connectivity index (χ0v) is 13.1. The van der Waals surface area contributed by atoms with E-state index in [9.17, 15) is 17.6 Å². The van der Waals surface area contributed by atoms with Crippen LogP contribution in [0.1, 0.15) is 16.8 Å². The molecule has 1 aliphatic rings. The summed E-state index contributed by atoms with van der Waals surface area (Å²) >= 11 is 8.91. The molecule has 0 spiro atoms. The first-order valence-corrected chi connectivity index (χ1v) is 7.00. The van der Waals surface area contributed by atoms with Crippen molar-refractivity contribution in [2.75, 3.05) is 5.73 Å². The van der Waals surface area contributed by atoms with Crippen molar-refractivity contribution in [2.24, 2.45) is 0 Å². The van der Waals surface area contributed by atoms with Crippen molar-refractivity contribution >= 4 is 33.3 Å². The van der Waals surface area contributed by atoms with Crippen LogP contribution in [-0.4, -0.2) is 9.78 Å². The van der Waals surface area contributed by atoms with Gasteiger partial charge in [-0.15, -0.1) is 0 Å². The van der Waals surface area contributed by atoms with Crippen LogP contribution in [-0.2, 0) is 17.0 Å². The lowest BCUT2D eigenvalue weighted by Crippen LogP contribution is -2.17. The molecule has 120 valence electrons. The van der Waals surface area contributed by atoms with Gasteiger partial charge in [-0.05, 0) is 28.1 Å². The van der Waals surface area contributed by atoms with Gasteiger partial charge in [0.1, 0.15) is 11.9 Å². The Hall–Kier alpha value is -1.83. The molecule has 1 aromatic heterocycles. The van der Waals surface area contributed by atoms with Crippen molar-refractivity contribution < 1.29 is 22.3 Å². The minimum Gasteiger partial charge on any atom is -0.383 e. The van der Waals surface area contributed by atoms with Gasteiger partial charge >= 0.3 is 12.2 Å². The monoisotopic (exact) mass is 410 g/mol. The smallest absolute Gasteiger partial charge is 0.383 e. The Balaban J connectivity index is 2.27. The quantitative estimate of drug-likeness (QED) is 0.723. The number of fused-ring (bicyclic) bond motifs is 1. The maximum Gasteiger partial charge on any atom is 0.388 e. The summed E-state index contributed by atoms with van der Waals surface area (Å²) in [6, 6.07) is 3.10. The molecule has 2 N–H and O–H groups in total. The topological polar surface area (TPSA) is 76.9 Å². The summed E-state index contributed by atoms with van der Waals surface area (Å²) in [5.74, 6) is -0.0996. The van der Waals surface area contributed by atoms with E-state index < -0.39 is 23.3 Å². The summed E-state index contributed by atoms with van der Waals surface area (Å²) < 4.78 is 58.8. The van der Waals surface area contributed by atoms with E-state index in [1.165, 1.54) is 0 Å². The number of nitrogens with two attached hydrogens (primary N) is 1. The van der Waals surface area contributed by atoms with Crippen molar-refractivity contribution in [3.8, 4) is 11.8 Å². The predicted octanol–water partition coefficient (Wildman–Crippen LogP) is 3.87. The average molecular weight is 412 g/mol. The maximum absolute atomic E-state index is 13.6. The summed E-state index contributed by atoms with van der Waals surface area (Å²) in [7, 11) is 0. The van der Waals surface area contributed by atoms with Crippen LogP contribution in [0.5, 0.6) is 0 Å². The number of nitrogen functional groups attached to an aromatic ring is 1. The molecule has 0 bridgehead atoms. The highest BCUT2D eigenvalue weighted by atomic mass is 79.9. The van der Waals surface area contributed by atoms with Crippen molar-refractivity contribution in [1.29, 1.82) is 5.26 Å². The van der Waals surface area contributed by atoms with Crippen LogP contribution in [0.2, 0.25) is 5.02 Å². The molecule has 0 atom stereocenters. The van der Waals surface area contributed by atoms with Gasteiger partial charge in [-0.3, -0.25) is 0 Å². The number of alkyl halides is 4. The highest BCUT2D eigenvalue weighted by molar-refractivity contribution is 9.10. The Labute approximate surface area is 139 Å². The van der Waals surface area contributed by atoms with Crippen molar-refractivity contribution in [1.82, 2.24) is 9.78 Å². The first kappa shape index (κ1) is 16.0. The lowest BCUT2D eigenvalue weighted by atomic mass is 10.1. The Bertz CT molecular complexity index is 877. The van der Waals surface area contributed by atoms with E-state index in [-0.39, 0.29) is 26.7 Å². The lowest BCUT2D eigenvalue weighted by molar-refractivity contribution is -0.369. The molecule has 0 aliphatic carbocycles. The summed E-state index contributed by atoms with van der Waals surface area (Å²) in [5, 5.41) is 12.4. The average Bonchev–Trinajstić information content (AvgIpc) is 2.82. The molecular weight excluding hydrogens is 408 g/mol. The molecular formula is C12H4BrClF4N4O. The van der Waals surface area contributed by atoms with Crippen molar-refractivity contribution in [3.63, 3.8) is 0 Å². The van der Waals surface area contributed by atoms with Gasteiger partial charge in [0.25, 0.3) is 0 Å². The summed E-state index contributed by atoms with van der Waals surface area (Å²) in [4.78, 5) is 0. The Morgan fingerprint density at radius 3 is 2.35 bits per heavy atom. The van der Waals surface area contributed by atoms with E-state index >= 15 is 0 Å². The zero-order chi connectivity index (χ0) is 17.2. The number of halogens is 6. The number of nitrogens with zero attached hydrogens (tertiary/aromatic N) is 3. The Morgan fingerprint density at radius 1 is 1.26 bits per heavy atom. The normalized spacial score (nSPS) is 17.8. The highest BCUT2D eigenvalue weighted by Crippen LogP contribution is 2.52. The van der Waals surface area contributed by atoms with Crippen LogP contribution >= 0.6 is 27.5 Å². The predicted molar refractivity (Wildman–Crippen MR) is 74.3 cm³/mol. The molecule has 0 saturated heterocycles. The van der Waals surface area contributed by atoms with Gasteiger partial charge < -0.3 is 5.73 Å². The first-order chi connectivity index (χ1) is 10.6. The zero-order valence-electron chi connectivity index (χ0n) is 10.7. The molecule has 11 heteroatoms. The minimum atomic E-state index is -4.20. The van der Waals surface area contributed by atoms with Gasteiger partial charge in [0.2, 0.25) is 0 Å². The fraction of sp³-hybridized carbons (Fsp3) is 0.167. The van der Waals surface area contributed by atoms with Gasteiger partial charge in [-0.25, -0.2) is 9.42 Å². The van der Waals surface area contributed by atoms with E-state index in [0.717, 1.165) is 4.68 Å². The number of benzene rings is 1. The summed E-state index contributed by atoms with van der Waals surface area (Å²) in [5.41, 5.74) is 3.33. The van der Waals surface area contributed by atoms with E-state index in [1.807, 2.05) is 0 Å². The molecule has 3 rings (SSSR count). The minimum absolute atomic E-state index is 0.0996. The van der Waals surface area contributed by atoms with E-state index in [0.29, 0.717) is 12.1 Å². The van der Waals surface area contributed by atoms with Gasteiger partial charge in [-0.2, -0.15) is 27.9 Å². The van der Waals surface area contributed by atoms with E-state index in [2.05, 4.69) is 25.8 Å². The number of anilines is 1. The third-order valence-electron chi connectivity index (χ3n) is 3.17. The molecule has 0 fully saturated rings. The van der Waals surface area contributed by atoms with Crippen LogP contribution in [0.3, 0.4) is 0 Å². The molecule has 23 heavy (non-hydrogen) atoms. The molecule has 0 radical (unpaired) electrons. The van der Waals surface area contributed by atoms with Gasteiger partial charge in [0.05, 0.1) is 26.3 Å². The number of rotatable bonds is 1. The summed E-state index contributed by atoms with van der Waals surface area (Å²) in [6.07, 6.45) is -8.37. The Kier molecular flexibility index (Phi) is 3.37. The third kappa shape index (κ3) is 2.27. The number of hydrogen-bond donors (Lipinski definition) is 1. The molecule has 0 amide bonds. The van der Waals surface area contributed by atoms with Gasteiger partial charge in [-0.1, -0.05) is 11.6 Å². The van der Waals surface area contributed by atoms with E-state index in [1.54, 1.807) is 6.07 Å². The second kappa shape index (κ2) is 4.83. The second-order valence-electron chi connectivity index (χ2n) is 4.56. The maximum atomic E-state index is 13.6. The van der Waals surface area contributed by atoms with Gasteiger partial charge in [0.15, 0.2) is 5.69 Å². The summed E-state index contributed by atoms with van der Waals surface area (Å²) in [6.45, 7) is 0.